The first-order chi connectivity index (χ1) is 8.93. The number of nitrogens with one attached hydrogen (secondary N) is 1. The number of carbonyl (C=O) groups excluding carboxylic acids is 1. The number of anilines is 1. The van der Waals surface area contributed by atoms with Gasteiger partial charge in [0.2, 0.25) is 0 Å². The molecule has 0 aliphatic rings. The van der Waals surface area contributed by atoms with E-state index in [0.717, 1.165) is 13.0 Å². The normalized spacial score (nSPS) is 14.5. The highest BCUT2D eigenvalue weighted by Crippen LogP contribution is 2.37. The molecule has 1 aromatic rings. The number of alkyl halides is 4. The topological polar surface area (TPSA) is 92.5 Å². The first-order valence-electron chi connectivity index (χ1n) is 5.01. The fourth-order valence-electron chi connectivity index (χ4n) is 1.25. The maximum absolute atomic E-state index is 12.7. The Labute approximate surface area is 118 Å². The number of halogens is 4. The molecule has 1 amide bonds. The minimum atomic E-state index is -4.94. The van der Waals surface area contributed by atoms with Crippen LogP contribution in [0.4, 0.5) is 24.5 Å². The van der Waals surface area contributed by atoms with Gasteiger partial charge in [-0.2, -0.15) is 13.2 Å². The number of nitrogens with zero attached hydrogens (tertiary/aromatic N) is 1. The summed E-state index contributed by atoms with van der Waals surface area (Å²) in [5, 5.41) is 21.8. The smallest absolute Gasteiger partial charge is 0.371 e. The van der Waals surface area contributed by atoms with Crippen molar-refractivity contribution in [2.24, 2.45) is 0 Å². The number of hydrogen-bond acceptors (Lipinski definition) is 4. The molecule has 0 aromatic heterocycles. The summed E-state index contributed by atoms with van der Waals surface area (Å²) in [5.41, 5.74) is -2.94. The molecule has 1 atom stereocenters. The summed E-state index contributed by atoms with van der Waals surface area (Å²) in [6.45, 7) is 1.07. The second-order valence-electron chi connectivity index (χ2n) is 3.89. The molecule has 6 nitrogen and oxygen atoms in total. The van der Waals surface area contributed by atoms with E-state index < -0.39 is 32.8 Å². The second kappa shape index (κ2) is 5.37. The molecule has 2 N–H and O–H groups in total. The lowest BCUT2D eigenvalue weighted by Crippen LogP contribution is -2.33. The molecule has 1 rings (SSSR count). The molecular weight excluding hydrogens is 349 g/mol. The van der Waals surface area contributed by atoms with Gasteiger partial charge in [0.25, 0.3) is 11.6 Å². The number of nitro benzene ring substituents is 1. The minimum absolute atomic E-state index is 0.326. The second-order valence-corrected chi connectivity index (χ2v) is 5.44. The van der Waals surface area contributed by atoms with Crippen molar-refractivity contribution in [3.63, 3.8) is 0 Å². The summed E-state index contributed by atoms with van der Waals surface area (Å²) in [6, 6.07) is 1.99. The quantitative estimate of drug-likeness (QED) is 0.494. The fraction of sp³-hybridized carbons (Fsp3) is 0.300. The molecule has 20 heavy (non-hydrogen) atoms. The van der Waals surface area contributed by atoms with Crippen LogP contribution in [0, 0.1) is 10.1 Å². The minimum Gasteiger partial charge on any atom is -0.371 e. The predicted octanol–water partition coefficient (Wildman–Crippen LogP) is 2.66. The number of aliphatic hydroxyl groups is 1. The Kier molecular flexibility index (Phi) is 4.39. The molecule has 0 aliphatic carbocycles. The van der Waals surface area contributed by atoms with Gasteiger partial charge in [-0.25, -0.2) is 0 Å². The average molecular weight is 357 g/mol. The van der Waals surface area contributed by atoms with E-state index in [1.54, 1.807) is 0 Å². The molecule has 110 valence electrons. The van der Waals surface area contributed by atoms with Crippen LogP contribution in [-0.2, 0) is 11.0 Å². The van der Waals surface area contributed by atoms with Crippen LogP contribution in [-0.4, -0.2) is 20.4 Å². The Hall–Kier alpha value is -1.68. The van der Waals surface area contributed by atoms with Gasteiger partial charge in [0.05, 0.1) is 4.92 Å². The lowest BCUT2D eigenvalue weighted by molar-refractivity contribution is -0.388. The highest BCUT2D eigenvalue weighted by atomic mass is 79.9. The van der Waals surface area contributed by atoms with E-state index in [1.807, 2.05) is 5.32 Å². The molecule has 0 unspecified atom stereocenters. The van der Waals surface area contributed by atoms with E-state index in [4.69, 9.17) is 0 Å². The van der Waals surface area contributed by atoms with Crippen molar-refractivity contribution in [1.29, 1.82) is 0 Å². The third-order valence-corrected chi connectivity index (χ3v) is 2.53. The molecule has 0 spiro atoms. The van der Waals surface area contributed by atoms with Crippen LogP contribution in [0.2, 0.25) is 0 Å². The zero-order valence-corrected chi connectivity index (χ0v) is 11.4. The lowest BCUT2D eigenvalue weighted by Gasteiger charge is -2.15. The van der Waals surface area contributed by atoms with Crippen LogP contribution in [0.1, 0.15) is 12.5 Å². The molecule has 0 saturated carbocycles. The SMILES string of the molecule is C[C@](O)(Br)C(=O)Nc1ccc([N+](=O)[O-])c(C(F)(F)F)c1. The fourth-order valence-corrected chi connectivity index (χ4v) is 1.34. The van der Waals surface area contributed by atoms with Crippen LogP contribution >= 0.6 is 15.9 Å². The first kappa shape index (κ1) is 16.4. The van der Waals surface area contributed by atoms with Crippen molar-refractivity contribution >= 4 is 33.2 Å². The zero-order chi connectivity index (χ0) is 15.7. The molecule has 0 bridgehead atoms. The van der Waals surface area contributed by atoms with Crippen LogP contribution < -0.4 is 5.32 Å². The number of rotatable bonds is 3. The van der Waals surface area contributed by atoms with Crippen LogP contribution in [0.3, 0.4) is 0 Å². The monoisotopic (exact) mass is 356 g/mol. The van der Waals surface area contributed by atoms with Crippen LogP contribution in [0.5, 0.6) is 0 Å². The van der Waals surface area contributed by atoms with Crippen molar-refractivity contribution in [3.8, 4) is 0 Å². The molecule has 0 radical (unpaired) electrons. The van der Waals surface area contributed by atoms with Crippen molar-refractivity contribution in [1.82, 2.24) is 0 Å². The zero-order valence-electron chi connectivity index (χ0n) is 9.86. The van der Waals surface area contributed by atoms with E-state index in [1.165, 1.54) is 0 Å². The molecule has 10 heteroatoms. The number of carbonyl (C=O) groups is 1. The van der Waals surface area contributed by atoms with E-state index in [2.05, 4.69) is 15.9 Å². The van der Waals surface area contributed by atoms with Gasteiger partial charge in [-0.1, -0.05) is 0 Å². The molecule has 0 fully saturated rings. The van der Waals surface area contributed by atoms with E-state index >= 15 is 0 Å². The molecule has 0 aliphatic heterocycles. The highest BCUT2D eigenvalue weighted by Gasteiger charge is 2.38. The summed E-state index contributed by atoms with van der Waals surface area (Å²) < 4.78 is 36.1. The van der Waals surface area contributed by atoms with E-state index in [9.17, 15) is 33.2 Å². The van der Waals surface area contributed by atoms with Crippen molar-refractivity contribution in [3.05, 3.63) is 33.9 Å². The lowest BCUT2D eigenvalue weighted by atomic mass is 10.1. The molecule has 1 aromatic carbocycles. The van der Waals surface area contributed by atoms with Gasteiger partial charge < -0.3 is 10.4 Å². The highest BCUT2D eigenvalue weighted by molar-refractivity contribution is 9.10. The van der Waals surface area contributed by atoms with Crippen molar-refractivity contribution in [2.75, 3.05) is 5.32 Å². The third-order valence-electron chi connectivity index (χ3n) is 2.17. The maximum Gasteiger partial charge on any atom is 0.423 e. The standard InChI is InChI=1S/C10H8BrF3N2O4/c1-9(11,18)8(17)15-5-2-3-7(16(19)20)6(4-5)10(12,13)14/h2-4,18H,1H3,(H,15,17)/t9-/m1/s1. The largest absolute Gasteiger partial charge is 0.423 e. The van der Waals surface area contributed by atoms with Gasteiger partial charge in [-0.05, 0) is 35.0 Å². The molecule has 0 saturated heterocycles. The van der Waals surface area contributed by atoms with Crippen LogP contribution in [0.25, 0.3) is 0 Å². The van der Waals surface area contributed by atoms with Gasteiger partial charge in [0, 0.05) is 11.8 Å². The summed E-state index contributed by atoms with van der Waals surface area (Å²) in [5.74, 6) is -1.01. The van der Waals surface area contributed by atoms with E-state index in [-0.39, 0.29) is 5.69 Å². The van der Waals surface area contributed by atoms with Gasteiger partial charge >= 0.3 is 6.18 Å². The number of nitro groups is 1. The Morgan fingerprint density at radius 1 is 1.45 bits per heavy atom. The number of amides is 1. The molecular formula is C10H8BrF3N2O4. The Morgan fingerprint density at radius 3 is 2.40 bits per heavy atom. The first-order valence-corrected chi connectivity index (χ1v) is 5.80. The summed E-state index contributed by atoms with van der Waals surface area (Å²) in [7, 11) is 0. The summed E-state index contributed by atoms with van der Waals surface area (Å²) in [4.78, 5) is 20.8. The number of hydrogen-bond donors (Lipinski definition) is 2. The summed E-state index contributed by atoms with van der Waals surface area (Å²) in [6.07, 6.45) is -4.94. The Morgan fingerprint density at radius 2 is 2.00 bits per heavy atom. The molecule has 0 heterocycles. The van der Waals surface area contributed by atoms with Crippen LogP contribution in [0.15, 0.2) is 18.2 Å². The van der Waals surface area contributed by atoms with Gasteiger partial charge in [0.1, 0.15) is 5.56 Å². The van der Waals surface area contributed by atoms with Crippen molar-refractivity contribution < 1.29 is 28.0 Å². The predicted molar refractivity (Wildman–Crippen MR) is 66.3 cm³/mol. The van der Waals surface area contributed by atoms with E-state index in [0.29, 0.717) is 12.1 Å². The maximum atomic E-state index is 12.7. The Balaban J connectivity index is 3.21. The number of benzene rings is 1. The Bertz CT molecular complexity index is 554. The van der Waals surface area contributed by atoms with Gasteiger partial charge in [-0.15, -0.1) is 0 Å². The third kappa shape index (κ3) is 3.90. The average Bonchev–Trinajstić information content (AvgIpc) is 2.26. The summed E-state index contributed by atoms with van der Waals surface area (Å²) >= 11 is 2.61. The van der Waals surface area contributed by atoms with Gasteiger partial charge in [0.15, 0.2) is 4.51 Å². The van der Waals surface area contributed by atoms with Crippen molar-refractivity contribution in [2.45, 2.75) is 17.6 Å². The van der Waals surface area contributed by atoms with Gasteiger partial charge in [-0.3, -0.25) is 14.9 Å².